The summed E-state index contributed by atoms with van der Waals surface area (Å²) in [5, 5.41) is 25.6. The average Bonchev–Trinajstić information content (AvgIpc) is 3.20. The Morgan fingerprint density at radius 3 is 2.70 bits per heavy atom. The van der Waals surface area contributed by atoms with Crippen molar-refractivity contribution in [2.24, 2.45) is 0 Å². The Morgan fingerprint density at radius 1 is 1.33 bits per heavy atom. The van der Waals surface area contributed by atoms with Crippen LogP contribution in [0.25, 0.3) is 0 Å². The molecule has 0 aromatic heterocycles. The van der Waals surface area contributed by atoms with Gasteiger partial charge in [0.25, 0.3) is 5.91 Å². The van der Waals surface area contributed by atoms with Crippen molar-refractivity contribution in [2.75, 3.05) is 18.5 Å². The number of anilines is 1. The number of halogens is 3. The van der Waals surface area contributed by atoms with Crippen LogP contribution >= 0.6 is 23.2 Å². The molecule has 1 amide bonds. The van der Waals surface area contributed by atoms with Crippen LogP contribution in [0.15, 0.2) is 48.0 Å². The van der Waals surface area contributed by atoms with Crippen molar-refractivity contribution in [1.29, 1.82) is 0 Å². The van der Waals surface area contributed by atoms with Gasteiger partial charge in [-0.05, 0) is 32.0 Å². The Kier molecular flexibility index (Phi) is 6.22. The maximum atomic E-state index is 15.4. The number of hydrogen-bond acceptors (Lipinski definition) is 5. The first-order valence-corrected chi connectivity index (χ1v) is 11.1. The lowest BCUT2D eigenvalue weighted by atomic mass is 9.73. The molecular formula is C23H22Cl2FN3O4. The van der Waals surface area contributed by atoms with Gasteiger partial charge in [-0.1, -0.05) is 53.1 Å². The summed E-state index contributed by atoms with van der Waals surface area (Å²) in [6, 6.07) is 6.46. The molecule has 2 aliphatic heterocycles. The third-order valence-electron chi connectivity index (χ3n) is 6.47. The summed E-state index contributed by atoms with van der Waals surface area (Å²) in [5.41, 5.74) is 0.0312. The Labute approximate surface area is 199 Å². The highest BCUT2D eigenvalue weighted by molar-refractivity contribution is 6.31. The van der Waals surface area contributed by atoms with E-state index in [9.17, 15) is 20.0 Å². The minimum Gasteiger partial charge on any atom is -0.394 e. The van der Waals surface area contributed by atoms with Crippen molar-refractivity contribution < 1.29 is 19.2 Å². The second-order valence-electron chi connectivity index (χ2n) is 8.49. The molecule has 0 aliphatic carbocycles. The summed E-state index contributed by atoms with van der Waals surface area (Å²) >= 11 is 12.2. The van der Waals surface area contributed by atoms with Crippen LogP contribution in [-0.4, -0.2) is 46.1 Å². The third-order valence-corrected chi connectivity index (χ3v) is 7.00. The monoisotopic (exact) mass is 493 g/mol. The highest BCUT2D eigenvalue weighted by Crippen LogP contribution is 2.58. The maximum absolute atomic E-state index is 15.4. The number of likely N-dealkylation sites (tertiary alicyclic amines) is 1. The van der Waals surface area contributed by atoms with Crippen LogP contribution in [0.2, 0.25) is 10.0 Å². The van der Waals surface area contributed by atoms with Gasteiger partial charge in [-0.25, -0.2) is 4.39 Å². The van der Waals surface area contributed by atoms with Gasteiger partial charge in [0.2, 0.25) is 6.04 Å². The van der Waals surface area contributed by atoms with Gasteiger partial charge < -0.3 is 10.4 Å². The molecule has 10 heteroatoms. The maximum Gasteiger partial charge on any atom is 0.250 e. The minimum absolute atomic E-state index is 0.0553. The minimum atomic E-state index is -1.66. The van der Waals surface area contributed by atoms with Gasteiger partial charge in [0, 0.05) is 33.3 Å². The molecule has 0 radical (unpaired) electrons. The van der Waals surface area contributed by atoms with Crippen molar-refractivity contribution in [3.63, 3.8) is 0 Å². The number of rotatable bonds is 5. The fourth-order valence-electron chi connectivity index (χ4n) is 5.18. The van der Waals surface area contributed by atoms with E-state index < -0.39 is 46.8 Å². The first-order valence-electron chi connectivity index (χ1n) is 10.3. The third kappa shape index (κ3) is 3.52. The Morgan fingerprint density at radius 2 is 2.06 bits per heavy atom. The molecule has 0 unspecified atom stereocenters. The van der Waals surface area contributed by atoms with Crippen molar-refractivity contribution in [2.45, 2.75) is 37.4 Å². The summed E-state index contributed by atoms with van der Waals surface area (Å²) in [6.45, 7) is 3.25. The van der Waals surface area contributed by atoms with Crippen LogP contribution in [0.3, 0.4) is 0 Å². The van der Waals surface area contributed by atoms with E-state index in [1.54, 1.807) is 23.1 Å². The lowest BCUT2D eigenvalue weighted by Gasteiger charge is -2.38. The van der Waals surface area contributed by atoms with E-state index in [1.165, 1.54) is 18.2 Å². The molecule has 174 valence electrons. The predicted octanol–water partition coefficient (Wildman–Crippen LogP) is 4.35. The van der Waals surface area contributed by atoms with Crippen LogP contribution in [0.4, 0.5) is 10.1 Å². The summed E-state index contributed by atoms with van der Waals surface area (Å²) < 4.78 is 15.4. The molecule has 0 saturated carbocycles. The Hall–Kier alpha value is -2.52. The molecule has 33 heavy (non-hydrogen) atoms. The van der Waals surface area contributed by atoms with Gasteiger partial charge in [-0.3, -0.25) is 19.8 Å². The van der Waals surface area contributed by atoms with Gasteiger partial charge in [0.05, 0.1) is 17.5 Å². The van der Waals surface area contributed by atoms with E-state index in [-0.39, 0.29) is 17.1 Å². The zero-order valence-electron chi connectivity index (χ0n) is 17.9. The van der Waals surface area contributed by atoms with E-state index in [1.807, 2.05) is 19.9 Å². The SMILES string of the molecule is CC(C)=CCN1[C@@H](CO)[C@@H]([N+](=O)[O-])[C@H](c2cccc(Cl)c2F)[C@]12C(=O)Nc1cc(Cl)ccc12. The zero-order chi connectivity index (χ0) is 24.1. The summed E-state index contributed by atoms with van der Waals surface area (Å²) in [5.74, 6) is -2.64. The summed E-state index contributed by atoms with van der Waals surface area (Å²) in [4.78, 5) is 27.2. The number of nitrogens with zero attached hydrogens (tertiary/aromatic N) is 2. The van der Waals surface area contributed by atoms with E-state index >= 15 is 4.39 Å². The average molecular weight is 494 g/mol. The molecule has 2 aliphatic rings. The number of aliphatic hydroxyl groups is 1. The number of nitrogens with one attached hydrogen (secondary N) is 1. The summed E-state index contributed by atoms with van der Waals surface area (Å²) in [6.07, 6.45) is 1.82. The van der Waals surface area contributed by atoms with Gasteiger partial charge in [0.1, 0.15) is 17.4 Å². The van der Waals surface area contributed by atoms with Crippen molar-refractivity contribution in [1.82, 2.24) is 4.90 Å². The largest absolute Gasteiger partial charge is 0.394 e. The van der Waals surface area contributed by atoms with Gasteiger partial charge in [-0.15, -0.1) is 0 Å². The van der Waals surface area contributed by atoms with E-state index in [0.29, 0.717) is 16.3 Å². The predicted molar refractivity (Wildman–Crippen MR) is 124 cm³/mol. The first-order chi connectivity index (χ1) is 15.6. The zero-order valence-corrected chi connectivity index (χ0v) is 19.4. The van der Waals surface area contributed by atoms with Gasteiger partial charge >= 0.3 is 0 Å². The molecular weight excluding hydrogens is 472 g/mol. The number of aliphatic hydroxyl groups excluding tert-OH is 1. The molecule has 2 aromatic rings. The topological polar surface area (TPSA) is 95.7 Å². The number of fused-ring (bicyclic) bond motifs is 2. The van der Waals surface area contributed by atoms with Gasteiger partial charge in [-0.2, -0.15) is 0 Å². The Balaban J connectivity index is 2.09. The Bertz CT molecular complexity index is 1170. The van der Waals surface area contributed by atoms with Crippen LogP contribution in [0, 0.1) is 15.9 Å². The number of benzene rings is 2. The van der Waals surface area contributed by atoms with E-state index in [2.05, 4.69) is 5.32 Å². The normalized spacial score (nSPS) is 26.4. The van der Waals surface area contributed by atoms with Crippen LogP contribution < -0.4 is 5.32 Å². The highest BCUT2D eigenvalue weighted by atomic mass is 35.5. The van der Waals surface area contributed by atoms with Gasteiger partial charge in [0.15, 0.2) is 0 Å². The molecule has 7 nitrogen and oxygen atoms in total. The molecule has 0 bridgehead atoms. The number of hydrogen-bond donors (Lipinski definition) is 2. The molecule has 1 saturated heterocycles. The second-order valence-corrected chi connectivity index (χ2v) is 9.33. The summed E-state index contributed by atoms with van der Waals surface area (Å²) in [7, 11) is 0. The lowest BCUT2D eigenvalue weighted by Crippen LogP contribution is -2.52. The van der Waals surface area contributed by atoms with Crippen LogP contribution in [0.1, 0.15) is 30.9 Å². The number of carbonyl (C=O) groups excluding carboxylic acids is 1. The molecule has 4 atom stereocenters. The van der Waals surface area contributed by atoms with E-state index in [4.69, 9.17) is 23.2 Å². The smallest absolute Gasteiger partial charge is 0.250 e. The molecule has 2 aromatic carbocycles. The number of allylic oxidation sites excluding steroid dienone is 1. The van der Waals surface area contributed by atoms with E-state index in [0.717, 1.165) is 5.57 Å². The molecule has 4 rings (SSSR count). The fraction of sp³-hybridized carbons (Fsp3) is 0.348. The molecule has 2 N–H and O–H groups in total. The quantitative estimate of drug-likeness (QED) is 0.366. The molecule has 1 fully saturated rings. The van der Waals surface area contributed by atoms with Crippen LogP contribution in [0.5, 0.6) is 0 Å². The van der Waals surface area contributed by atoms with Crippen molar-refractivity contribution >= 4 is 34.8 Å². The van der Waals surface area contributed by atoms with Crippen LogP contribution in [-0.2, 0) is 10.3 Å². The highest BCUT2D eigenvalue weighted by Gasteiger charge is 2.71. The number of carbonyl (C=O) groups is 1. The standard InChI is InChI=1S/C23H22Cl2FN3O4/c1-12(2)8-9-28-18(11-30)21(29(32)33)19(14-4-3-5-16(25)20(14)26)23(28)15-7-6-13(24)10-17(15)27-22(23)31/h3-8,10,18-19,21,30H,9,11H2,1-2H3,(H,27,31)/t18-,19-,21+,23+/m0/s1. The number of amides is 1. The van der Waals surface area contributed by atoms with Crippen molar-refractivity contribution in [3.05, 3.63) is 85.2 Å². The second kappa shape index (κ2) is 8.68. The first kappa shape index (κ1) is 23.6. The molecule has 2 heterocycles. The lowest BCUT2D eigenvalue weighted by molar-refractivity contribution is -0.528. The fourth-order valence-corrected chi connectivity index (χ4v) is 5.53. The number of nitro groups is 1. The van der Waals surface area contributed by atoms with Crippen molar-refractivity contribution in [3.8, 4) is 0 Å². The molecule has 1 spiro atoms.